The van der Waals surface area contributed by atoms with Crippen LogP contribution in [0.4, 0.5) is 0 Å². The minimum atomic E-state index is -0.549. The Morgan fingerprint density at radius 1 is 1.75 bits per heavy atom. The number of hydrogen-bond acceptors (Lipinski definition) is 4. The summed E-state index contributed by atoms with van der Waals surface area (Å²) in [5.74, 6) is -0.192. The Kier molecular flexibility index (Phi) is 2.52. The van der Waals surface area contributed by atoms with Gasteiger partial charge in [0.25, 0.3) is 0 Å². The summed E-state index contributed by atoms with van der Waals surface area (Å²) in [4.78, 5) is 14.8. The van der Waals surface area contributed by atoms with Gasteiger partial charge in [0, 0.05) is 6.92 Å². The Bertz CT molecular complexity index is 295. The lowest BCUT2D eigenvalue weighted by molar-refractivity contribution is 0.0521. The summed E-state index contributed by atoms with van der Waals surface area (Å²) in [6, 6.07) is 0. The van der Waals surface area contributed by atoms with Crippen molar-refractivity contribution in [1.82, 2.24) is 4.98 Å². The van der Waals surface area contributed by atoms with Gasteiger partial charge in [-0.2, -0.15) is 0 Å². The van der Waals surface area contributed by atoms with E-state index in [1.165, 1.54) is 0 Å². The number of nitrogens with zero attached hydrogens (tertiary/aromatic N) is 1. The Balaban J connectivity index is 2.87. The van der Waals surface area contributed by atoms with E-state index in [0.717, 1.165) is 0 Å². The lowest BCUT2D eigenvalue weighted by Crippen LogP contribution is -2.15. The molecule has 0 unspecified atom stereocenters. The van der Waals surface area contributed by atoms with Gasteiger partial charge in [-0.15, -0.1) is 0 Å². The minimum absolute atomic E-state index is 0.00551. The molecule has 0 aromatic carbocycles. The van der Waals surface area contributed by atoms with Gasteiger partial charge >= 0.3 is 5.97 Å². The van der Waals surface area contributed by atoms with Crippen LogP contribution in [-0.4, -0.2) is 25.4 Å². The zero-order chi connectivity index (χ0) is 9.14. The topological polar surface area (TPSA) is 52.3 Å². The molecule has 0 amide bonds. The Labute approximate surface area is 71.3 Å². The van der Waals surface area contributed by atoms with E-state index in [0.29, 0.717) is 12.5 Å². The third-order valence-electron chi connectivity index (χ3n) is 1.23. The van der Waals surface area contributed by atoms with E-state index in [-0.39, 0.29) is 11.4 Å². The maximum atomic E-state index is 11.1. The number of aryl methyl sites for hydroxylation is 1. The van der Waals surface area contributed by atoms with Crippen LogP contribution in [-0.2, 0) is 4.74 Å². The molecule has 0 aliphatic heterocycles. The molecule has 62 valence electrons. The highest BCUT2D eigenvalue weighted by Gasteiger charge is 2.15. The van der Waals surface area contributed by atoms with Crippen molar-refractivity contribution < 1.29 is 13.9 Å². The van der Waals surface area contributed by atoms with E-state index in [4.69, 9.17) is 12.3 Å². The molecule has 5 heteroatoms. The van der Waals surface area contributed by atoms with Crippen molar-refractivity contribution in [2.24, 2.45) is 0 Å². The first-order valence-corrected chi connectivity index (χ1v) is 3.55. The molecular weight excluding hydrogens is 157 g/mol. The van der Waals surface area contributed by atoms with Gasteiger partial charge in [0.1, 0.15) is 0 Å². The number of ether oxygens (including phenoxy) is 1. The van der Waals surface area contributed by atoms with Gasteiger partial charge in [-0.1, -0.05) is 0 Å². The van der Waals surface area contributed by atoms with Crippen LogP contribution in [0.2, 0.25) is 0 Å². The second-order valence-electron chi connectivity index (χ2n) is 2.17. The first-order valence-electron chi connectivity index (χ1n) is 3.55. The molecular formula is C7H8BNO3. The van der Waals surface area contributed by atoms with E-state index < -0.39 is 5.97 Å². The molecule has 4 nitrogen and oxygen atoms in total. The summed E-state index contributed by atoms with van der Waals surface area (Å²) in [5, 5.41) is 0. The Morgan fingerprint density at radius 3 is 2.83 bits per heavy atom. The molecule has 12 heavy (non-hydrogen) atoms. The van der Waals surface area contributed by atoms with Gasteiger partial charge < -0.3 is 9.15 Å². The molecule has 0 aliphatic rings. The molecule has 0 saturated carbocycles. The van der Waals surface area contributed by atoms with Crippen molar-refractivity contribution in [3.63, 3.8) is 0 Å². The smallest absolute Gasteiger partial charge is 0.359 e. The van der Waals surface area contributed by atoms with Crippen molar-refractivity contribution in [2.75, 3.05) is 6.61 Å². The van der Waals surface area contributed by atoms with Gasteiger partial charge in [-0.25, -0.2) is 9.78 Å². The van der Waals surface area contributed by atoms with Crippen LogP contribution in [0, 0.1) is 6.92 Å². The van der Waals surface area contributed by atoms with E-state index in [1.807, 2.05) is 0 Å². The number of oxazole rings is 1. The molecule has 0 bridgehead atoms. The van der Waals surface area contributed by atoms with E-state index in [2.05, 4.69) is 9.72 Å². The fraction of sp³-hybridized carbons (Fsp3) is 0.429. The van der Waals surface area contributed by atoms with Crippen LogP contribution in [0.15, 0.2) is 4.42 Å². The van der Waals surface area contributed by atoms with E-state index >= 15 is 0 Å². The number of hydrogen-bond donors (Lipinski definition) is 0. The zero-order valence-electron chi connectivity index (χ0n) is 6.96. The van der Waals surface area contributed by atoms with Gasteiger partial charge in [-0.05, 0) is 6.92 Å². The first-order chi connectivity index (χ1) is 5.65. The predicted octanol–water partition coefficient (Wildman–Crippen LogP) is -0.0465. The van der Waals surface area contributed by atoms with E-state index in [1.54, 1.807) is 13.8 Å². The number of aromatic nitrogens is 1. The summed E-state index contributed by atoms with van der Waals surface area (Å²) in [6.45, 7) is 3.62. The third kappa shape index (κ3) is 1.67. The molecule has 1 heterocycles. The van der Waals surface area contributed by atoms with Gasteiger partial charge in [0.2, 0.25) is 0 Å². The SMILES string of the molecule is [B]c1oc(C)nc1C(=O)OCC. The van der Waals surface area contributed by atoms with Crippen LogP contribution in [0.5, 0.6) is 0 Å². The quantitative estimate of drug-likeness (QED) is 0.455. The second kappa shape index (κ2) is 3.43. The Morgan fingerprint density at radius 2 is 2.42 bits per heavy atom. The molecule has 0 aliphatic carbocycles. The van der Waals surface area contributed by atoms with Crippen LogP contribution in [0.3, 0.4) is 0 Å². The maximum Gasteiger partial charge on any atom is 0.359 e. The predicted molar refractivity (Wildman–Crippen MR) is 42.6 cm³/mol. The number of esters is 1. The second-order valence-corrected chi connectivity index (χ2v) is 2.17. The lowest BCUT2D eigenvalue weighted by Gasteiger charge is -1.96. The molecule has 2 radical (unpaired) electrons. The normalized spacial score (nSPS) is 9.83. The van der Waals surface area contributed by atoms with Crippen LogP contribution in [0.1, 0.15) is 23.3 Å². The van der Waals surface area contributed by atoms with Crippen molar-refractivity contribution in [2.45, 2.75) is 13.8 Å². The summed E-state index contributed by atoms with van der Waals surface area (Å²) in [6.07, 6.45) is 0. The average molecular weight is 165 g/mol. The summed E-state index contributed by atoms with van der Waals surface area (Å²) in [5.41, 5.74) is 0.0558. The molecule has 0 N–H and O–H groups in total. The third-order valence-corrected chi connectivity index (χ3v) is 1.23. The van der Waals surface area contributed by atoms with Gasteiger partial charge in [0.15, 0.2) is 19.4 Å². The summed E-state index contributed by atoms with van der Waals surface area (Å²) >= 11 is 0. The number of carbonyl (C=O) groups excluding carboxylic acids is 1. The van der Waals surface area contributed by atoms with Crippen LogP contribution >= 0.6 is 0 Å². The highest BCUT2D eigenvalue weighted by molar-refractivity contribution is 6.33. The fourth-order valence-corrected chi connectivity index (χ4v) is 0.789. The van der Waals surface area contributed by atoms with Gasteiger partial charge in [-0.3, -0.25) is 0 Å². The molecule has 0 fully saturated rings. The first kappa shape index (κ1) is 8.84. The molecule has 0 spiro atoms. The van der Waals surface area contributed by atoms with Crippen molar-refractivity contribution in [1.29, 1.82) is 0 Å². The van der Waals surface area contributed by atoms with Gasteiger partial charge in [0.05, 0.1) is 12.3 Å². The molecule has 1 aromatic rings. The molecule has 0 atom stereocenters. The maximum absolute atomic E-state index is 11.1. The summed E-state index contributed by atoms with van der Waals surface area (Å²) in [7, 11) is 5.34. The zero-order valence-corrected chi connectivity index (χ0v) is 6.96. The van der Waals surface area contributed by atoms with Crippen LogP contribution in [0.25, 0.3) is 0 Å². The number of rotatable bonds is 2. The average Bonchev–Trinajstić information content (AvgIpc) is 2.30. The molecule has 1 rings (SSSR count). The monoisotopic (exact) mass is 165 g/mol. The van der Waals surface area contributed by atoms with E-state index in [9.17, 15) is 4.79 Å². The summed E-state index contributed by atoms with van der Waals surface area (Å²) < 4.78 is 9.53. The van der Waals surface area contributed by atoms with Crippen molar-refractivity contribution in [3.8, 4) is 0 Å². The standard InChI is InChI=1S/C7H8BNO3/c1-3-11-7(10)5-6(8)12-4(2)9-5/h3H2,1-2H3. The lowest BCUT2D eigenvalue weighted by atomic mass is 10.0. The Hall–Kier alpha value is -1.26. The minimum Gasteiger partial charge on any atom is -0.461 e. The highest BCUT2D eigenvalue weighted by Crippen LogP contribution is 1.98. The number of carbonyl (C=O) groups is 1. The largest absolute Gasteiger partial charge is 0.461 e. The molecule has 0 saturated heterocycles. The van der Waals surface area contributed by atoms with Crippen molar-refractivity contribution in [3.05, 3.63) is 11.6 Å². The van der Waals surface area contributed by atoms with Crippen molar-refractivity contribution >= 4 is 19.5 Å². The fourth-order valence-electron chi connectivity index (χ4n) is 0.789. The highest BCUT2D eigenvalue weighted by atomic mass is 16.5. The molecule has 1 aromatic heterocycles. The van der Waals surface area contributed by atoms with Crippen LogP contribution < -0.4 is 5.66 Å².